The van der Waals surface area contributed by atoms with Gasteiger partial charge >= 0.3 is 0 Å². The summed E-state index contributed by atoms with van der Waals surface area (Å²) in [5.74, 6) is -1.24. The predicted molar refractivity (Wildman–Crippen MR) is 92.5 cm³/mol. The quantitative estimate of drug-likeness (QED) is 0.728. The number of amides is 1. The summed E-state index contributed by atoms with van der Waals surface area (Å²) in [5, 5.41) is 12.2. The first kappa shape index (κ1) is 15.4. The van der Waals surface area contributed by atoms with Gasteiger partial charge in [-0.1, -0.05) is 18.2 Å². The molecule has 0 unspecified atom stereocenters. The van der Waals surface area contributed by atoms with Gasteiger partial charge in [0.15, 0.2) is 17.3 Å². The Kier molecular flexibility index (Phi) is 3.75. The maximum atomic E-state index is 12.8. The number of nitriles is 1. The average Bonchev–Trinajstić information content (AvgIpc) is 3.05. The Morgan fingerprint density at radius 1 is 1.32 bits per heavy atom. The molecule has 1 atom stereocenters. The number of aromatic nitrogens is 1. The van der Waals surface area contributed by atoms with Crippen LogP contribution in [-0.2, 0) is 4.79 Å². The van der Waals surface area contributed by atoms with Gasteiger partial charge in [-0.2, -0.15) is 5.26 Å². The lowest BCUT2D eigenvalue weighted by molar-refractivity contribution is -0.113. The van der Waals surface area contributed by atoms with E-state index < -0.39 is 11.7 Å². The molecule has 3 aromatic rings. The van der Waals surface area contributed by atoms with Gasteiger partial charge in [-0.05, 0) is 24.3 Å². The number of anilines is 1. The fraction of sp³-hybridized carbons (Fsp3) is 0.111. The molecule has 6 nitrogen and oxygen atoms in total. The molecule has 1 N–H and O–H groups in total. The van der Waals surface area contributed by atoms with Crippen molar-refractivity contribution < 1.29 is 14.0 Å². The van der Waals surface area contributed by atoms with Crippen molar-refractivity contribution >= 4 is 40.2 Å². The Morgan fingerprint density at radius 2 is 2.16 bits per heavy atom. The summed E-state index contributed by atoms with van der Waals surface area (Å²) in [6.45, 7) is 0. The molecule has 122 valence electrons. The first-order valence-electron chi connectivity index (χ1n) is 7.52. The Morgan fingerprint density at radius 3 is 2.96 bits per heavy atom. The van der Waals surface area contributed by atoms with Crippen LogP contribution in [0.5, 0.6) is 0 Å². The van der Waals surface area contributed by atoms with E-state index in [-0.39, 0.29) is 11.8 Å². The zero-order valence-electron chi connectivity index (χ0n) is 12.9. The number of carbonyl (C=O) groups is 2. The smallest absolute Gasteiger partial charge is 0.234 e. The van der Waals surface area contributed by atoms with Crippen molar-refractivity contribution in [1.29, 1.82) is 5.26 Å². The second-order valence-corrected chi connectivity index (χ2v) is 6.51. The first-order chi connectivity index (χ1) is 12.2. The van der Waals surface area contributed by atoms with Crippen LogP contribution < -0.4 is 5.32 Å². The summed E-state index contributed by atoms with van der Waals surface area (Å²) in [5.41, 5.74) is 2.04. The number of nitrogens with one attached hydrogen (secondary N) is 1. The number of thioether (sulfide) groups is 1. The number of fused-ring (bicyclic) bond motifs is 2. The van der Waals surface area contributed by atoms with E-state index in [2.05, 4.69) is 10.3 Å². The summed E-state index contributed by atoms with van der Waals surface area (Å²) in [7, 11) is 0. The highest BCUT2D eigenvalue weighted by molar-refractivity contribution is 8.00. The number of hydrogen-bond donors (Lipinski definition) is 1. The van der Waals surface area contributed by atoms with Gasteiger partial charge in [0.2, 0.25) is 11.8 Å². The number of oxazole rings is 1. The fourth-order valence-corrected chi connectivity index (χ4v) is 3.43. The van der Waals surface area contributed by atoms with Gasteiger partial charge < -0.3 is 9.73 Å². The molecule has 2 heterocycles. The third-order valence-corrected chi connectivity index (χ3v) is 4.92. The maximum absolute atomic E-state index is 12.8. The summed E-state index contributed by atoms with van der Waals surface area (Å²) in [6, 6.07) is 14.1. The van der Waals surface area contributed by atoms with Gasteiger partial charge in [-0.3, -0.25) is 9.59 Å². The Balaban J connectivity index is 1.70. The second-order valence-electron chi connectivity index (χ2n) is 5.49. The summed E-state index contributed by atoms with van der Waals surface area (Å²) < 4.78 is 5.57. The van der Waals surface area contributed by atoms with Crippen LogP contribution in [0.3, 0.4) is 0 Å². The molecule has 0 radical (unpaired) electrons. The van der Waals surface area contributed by atoms with Crippen LogP contribution in [-0.4, -0.2) is 22.4 Å². The number of hydrogen-bond acceptors (Lipinski definition) is 6. The van der Waals surface area contributed by atoms with Crippen LogP contribution in [0.15, 0.2) is 51.8 Å². The van der Waals surface area contributed by atoms with Gasteiger partial charge in [0.25, 0.3) is 0 Å². The van der Waals surface area contributed by atoms with Crippen molar-refractivity contribution in [2.75, 3.05) is 11.1 Å². The number of ketones is 1. The van der Waals surface area contributed by atoms with Crippen LogP contribution in [0.2, 0.25) is 0 Å². The molecule has 0 aliphatic carbocycles. The minimum atomic E-state index is -1.14. The zero-order valence-corrected chi connectivity index (χ0v) is 13.7. The normalized spacial score (nSPS) is 14.4. The monoisotopic (exact) mass is 349 g/mol. The van der Waals surface area contributed by atoms with E-state index in [1.807, 2.05) is 12.1 Å². The molecule has 0 bridgehead atoms. The largest absolute Gasteiger partial charge is 0.439 e. The van der Waals surface area contributed by atoms with Gasteiger partial charge in [-0.15, -0.1) is 11.8 Å². The van der Waals surface area contributed by atoms with Crippen LogP contribution in [0.4, 0.5) is 5.69 Å². The van der Waals surface area contributed by atoms with Crippen molar-refractivity contribution in [1.82, 2.24) is 4.98 Å². The number of carbonyl (C=O) groups excluding carboxylic acids is 2. The van der Waals surface area contributed by atoms with Crippen LogP contribution in [0, 0.1) is 11.3 Å². The predicted octanol–water partition coefficient (Wildman–Crippen LogP) is 3.36. The molecule has 0 fully saturated rings. The molecule has 2 aromatic carbocycles. The minimum Gasteiger partial charge on any atom is -0.439 e. The van der Waals surface area contributed by atoms with Gasteiger partial charge in [0.1, 0.15) is 5.52 Å². The fourth-order valence-electron chi connectivity index (χ4n) is 2.64. The molecule has 0 saturated carbocycles. The molecule has 1 amide bonds. The van der Waals surface area contributed by atoms with Crippen LogP contribution >= 0.6 is 11.8 Å². The minimum absolute atomic E-state index is 0.0739. The Labute approximate surface area is 146 Å². The van der Waals surface area contributed by atoms with Crippen molar-refractivity contribution in [2.24, 2.45) is 0 Å². The van der Waals surface area contributed by atoms with E-state index in [1.54, 1.807) is 36.4 Å². The average molecular weight is 349 g/mol. The highest BCUT2D eigenvalue weighted by atomic mass is 32.2. The van der Waals surface area contributed by atoms with E-state index in [4.69, 9.17) is 4.42 Å². The summed E-state index contributed by atoms with van der Waals surface area (Å²) in [6.07, 6.45) is 0. The Hall–Kier alpha value is -3.11. The maximum Gasteiger partial charge on any atom is 0.234 e. The third kappa shape index (κ3) is 2.77. The van der Waals surface area contributed by atoms with E-state index in [0.29, 0.717) is 28.1 Å². The van der Waals surface area contributed by atoms with Crippen molar-refractivity contribution in [3.8, 4) is 6.07 Å². The van der Waals surface area contributed by atoms with Crippen molar-refractivity contribution in [3.05, 3.63) is 53.9 Å². The molecule has 25 heavy (non-hydrogen) atoms. The zero-order chi connectivity index (χ0) is 17.4. The molecular weight excluding hydrogens is 338 g/mol. The molecule has 4 rings (SSSR count). The molecule has 1 aliphatic rings. The number of rotatable bonds is 3. The van der Waals surface area contributed by atoms with Gasteiger partial charge in [-0.25, -0.2) is 4.98 Å². The molecular formula is C18H11N3O3S. The van der Waals surface area contributed by atoms with Crippen LogP contribution in [0.1, 0.15) is 22.2 Å². The van der Waals surface area contributed by atoms with Gasteiger partial charge in [0, 0.05) is 10.5 Å². The van der Waals surface area contributed by atoms with Crippen molar-refractivity contribution in [2.45, 2.75) is 10.8 Å². The lowest BCUT2D eigenvalue weighted by Gasteiger charge is -2.17. The third-order valence-electron chi connectivity index (χ3n) is 3.85. The van der Waals surface area contributed by atoms with E-state index in [1.165, 1.54) is 11.8 Å². The number of benzene rings is 2. The SMILES string of the molecule is N#C[C@H](C(=O)c1ccc2c(c1)NC(=O)CS2)c1nc2ccccc2o1. The lowest BCUT2D eigenvalue weighted by atomic mass is 9.98. The van der Waals surface area contributed by atoms with Crippen molar-refractivity contribution in [3.63, 3.8) is 0 Å². The molecule has 1 aliphatic heterocycles. The Bertz CT molecular complexity index is 1020. The summed E-state index contributed by atoms with van der Waals surface area (Å²) in [4.78, 5) is 29.4. The molecule has 0 spiro atoms. The van der Waals surface area contributed by atoms with Crippen LogP contribution in [0.25, 0.3) is 11.1 Å². The van der Waals surface area contributed by atoms with E-state index in [0.717, 1.165) is 4.90 Å². The topological polar surface area (TPSA) is 96.0 Å². The summed E-state index contributed by atoms with van der Waals surface area (Å²) >= 11 is 1.41. The lowest BCUT2D eigenvalue weighted by Crippen LogP contribution is -2.19. The van der Waals surface area contributed by atoms with Gasteiger partial charge in [0.05, 0.1) is 17.5 Å². The highest BCUT2D eigenvalue weighted by Crippen LogP contribution is 2.33. The molecule has 0 saturated heterocycles. The number of para-hydroxylation sites is 2. The highest BCUT2D eigenvalue weighted by Gasteiger charge is 2.28. The first-order valence-corrected chi connectivity index (χ1v) is 8.50. The standard InChI is InChI=1S/C18H11N3O3S/c19-8-11(18-21-12-3-1-2-4-14(12)24-18)17(23)10-5-6-15-13(7-10)20-16(22)9-25-15/h1-7,11H,9H2,(H,20,22)/t11-/m1/s1. The second kappa shape index (κ2) is 6.07. The number of Topliss-reactive ketones (excluding diaryl/α,β-unsaturated/α-hetero) is 1. The molecule has 1 aromatic heterocycles. The number of nitrogens with zero attached hydrogens (tertiary/aromatic N) is 2. The van der Waals surface area contributed by atoms with E-state index in [9.17, 15) is 14.9 Å². The van der Waals surface area contributed by atoms with E-state index >= 15 is 0 Å². The molecule has 7 heteroatoms.